The van der Waals surface area contributed by atoms with Crippen LogP contribution in [0.25, 0.3) is 44.5 Å². The van der Waals surface area contributed by atoms with E-state index in [0.717, 1.165) is 11.4 Å². The van der Waals surface area contributed by atoms with Crippen LogP contribution in [0, 0.1) is 13.8 Å². The van der Waals surface area contributed by atoms with Crippen molar-refractivity contribution in [1.29, 1.82) is 0 Å². The molecular formula is C47H56N14O9. The van der Waals surface area contributed by atoms with Crippen LogP contribution >= 0.6 is 0 Å². The number of ether oxygens (including phenoxy) is 3. The first kappa shape index (κ1) is 49.7. The summed E-state index contributed by atoms with van der Waals surface area (Å²) >= 11 is 0. The van der Waals surface area contributed by atoms with E-state index < -0.39 is 42.1 Å². The van der Waals surface area contributed by atoms with Crippen LogP contribution in [-0.4, -0.2) is 118 Å². The Morgan fingerprint density at radius 1 is 0.786 bits per heavy atom. The number of primary amides is 2. The van der Waals surface area contributed by atoms with E-state index in [1.165, 1.54) is 12.1 Å². The third-order valence-electron chi connectivity index (χ3n) is 11.2. The number of nitrogens with zero attached hydrogens (tertiary/aromatic N) is 9. The first-order chi connectivity index (χ1) is 33.6. The number of amides is 4. The molecule has 7 aromatic rings. The third-order valence-corrected chi connectivity index (χ3v) is 11.2. The molecule has 5 aromatic heterocycles. The highest BCUT2D eigenvalue weighted by atomic mass is 16.5. The number of nitrogens with one attached hydrogen (secondary N) is 2. The molecule has 0 spiro atoms. The van der Waals surface area contributed by atoms with Crippen molar-refractivity contribution in [3.8, 4) is 23.0 Å². The fourth-order valence-corrected chi connectivity index (χ4v) is 8.00. The van der Waals surface area contributed by atoms with Gasteiger partial charge < -0.3 is 51.0 Å². The number of nitrogens with two attached hydrogens (primary N) is 3. The quantitative estimate of drug-likeness (QED) is 0.0373. The first-order valence-electron chi connectivity index (χ1n) is 22.6. The molecule has 0 radical (unpaired) electrons. The minimum atomic E-state index is -1.22. The summed E-state index contributed by atoms with van der Waals surface area (Å²) in [4.78, 5) is 77.2. The Hall–Kier alpha value is -8.18. The Kier molecular flexibility index (Phi) is 15.5. The van der Waals surface area contributed by atoms with Crippen LogP contribution in [0.2, 0.25) is 0 Å². The molecule has 23 heteroatoms. The molecule has 0 aliphatic heterocycles. The number of aromatic nitrogens is 9. The zero-order chi connectivity index (χ0) is 50.2. The van der Waals surface area contributed by atoms with Crippen molar-refractivity contribution in [3.05, 3.63) is 83.0 Å². The second kappa shape index (κ2) is 21.8. The number of imidazole rings is 1. The van der Waals surface area contributed by atoms with Gasteiger partial charge in [-0.05, 0) is 70.5 Å². The number of aliphatic carboxylic acids is 1. The molecule has 2 aromatic carbocycles. The van der Waals surface area contributed by atoms with E-state index in [-0.39, 0.29) is 67.6 Å². The molecule has 4 amide bonds. The summed E-state index contributed by atoms with van der Waals surface area (Å²) in [5, 5.41) is 24.9. The van der Waals surface area contributed by atoms with Crippen LogP contribution in [0.5, 0.6) is 11.5 Å². The summed E-state index contributed by atoms with van der Waals surface area (Å²) in [5.41, 5.74) is 22.0. The SMILES string of the molecule is CCn1nc(C)cc1C(=O)Nc1nc2cc(C(N)=O)cc(OCCCNC(=O)C(N)CC(=O)O)c2n1C/C=C/Cn1c2nc(-c3cc(C)nn3CC)ncc2c2cc(C(N)=O)cc(OCCCOC)c21. The van der Waals surface area contributed by atoms with Crippen LogP contribution in [0.3, 0.4) is 0 Å². The van der Waals surface area contributed by atoms with Crippen LogP contribution in [0.1, 0.15) is 75.7 Å². The van der Waals surface area contributed by atoms with Gasteiger partial charge in [-0.1, -0.05) is 12.2 Å². The van der Waals surface area contributed by atoms with Gasteiger partial charge in [-0.25, -0.2) is 15.0 Å². The van der Waals surface area contributed by atoms with Crippen molar-refractivity contribution < 1.29 is 43.3 Å². The lowest BCUT2D eigenvalue weighted by Crippen LogP contribution is -2.42. The van der Waals surface area contributed by atoms with Gasteiger partial charge in [0, 0.05) is 81.0 Å². The fourth-order valence-electron chi connectivity index (χ4n) is 8.00. The van der Waals surface area contributed by atoms with E-state index in [2.05, 4.69) is 20.8 Å². The normalized spacial score (nSPS) is 12.0. The van der Waals surface area contributed by atoms with Crippen molar-refractivity contribution in [3.63, 3.8) is 0 Å². The number of rotatable bonds is 24. The van der Waals surface area contributed by atoms with Gasteiger partial charge in [0.1, 0.15) is 34.1 Å². The number of allylic oxidation sites excluding steroid dienone is 2. The van der Waals surface area contributed by atoms with E-state index in [0.29, 0.717) is 76.5 Å². The van der Waals surface area contributed by atoms with Gasteiger partial charge in [-0.3, -0.25) is 38.7 Å². The zero-order valence-electron chi connectivity index (χ0n) is 39.5. The maximum Gasteiger partial charge on any atom is 0.305 e. The largest absolute Gasteiger partial charge is 0.491 e. The topological polar surface area (TPSA) is 320 Å². The van der Waals surface area contributed by atoms with Crippen molar-refractivity contribution in [2.24, 2.45) is 17.2 Å². The number of anilines is 1. The van der Waals surface area contributed by atoms with Gasteiger partial charge in [0.05, 0.1) is 48.1 Å². The molecule has 70 heavy (non-hydrogen) atoms. The second-order valence-electron chi connectivity index (χ2n) is 16.3. The average Bonchev–Trinajstić information content (AvgIpc) is 4.09. The number of carbonyl (C=O) groups is 5. The lowest BCUT2D eigenvalue weighted by molar-refractivity contribution is -0.139. The van der Waals surface area contributed by atoms with Gasteiger partial charge in [0.2, 0.25) is 23.7 Å². The molecule has 1 atom stereocenters. The highest BCUT2D eigenvalue weighted by molar-refractivity contribution is 6.12. The maximum absolute atomic E-state index is 13.9. The van der Waals surface area contributed by atoms with Crippen LogP contribution in [0.15, 0.2) is 54.7 Å². The smallest absolute Gasteiger partial charge is 0.305 e. The maximum atomic E-state index is 13.9. The Labute approximate surface area is 400 Å². The highest BCUT2D eigenvalue weighted by Gasteiger charge is 2.24. The van der Waals surface area contributed by atoms with E-state index in [1.54, 1.807) is 47.7 Å². The van der Waals surface area contributed by atoms with Crippen LogP contribution in [0.4, 0.5) is 5.95 Å². The van der Waals surface area contributed by atoms with Gasteiger partial charge in [-0.2, -0.15) is 10.2 Å². The number of benzene rings is 2. The van der Waals surface area contributed by atoms with Crippen molar-refractivity contribution >= 4 is 68.5 Å². The number of carboxylic acid groups (broad SMARTS) is 1. The number of hydrogen-bond acceptors (Lipinski definition) is 14. The van der Waals surface area contributed by atoms with E-state index >= 15 is 0 Å². The summed E-state index contributed by atoms with van der Waals surface area (Å²) < 4.78 is 24.9. The molecule has 7 rings (SSSR count). The monoisotopic (exact) mass is 960 g/mol. The number of aryl methyl sites for hydroxylation is 4. The van der Waals surface area contributed by atoms with Crippen molar-refractivity contribution in [2.75, 3.05) is 38.8 Å². The van der Waals surface area contributed by atoms with Gasteiger partial charge >= 0.3 is 5.97 Å². The Morgan fingerprint density at radius 2 is 1.43 bits per heavy atom. The average molecular weight is 961 g/mol. The molecule has 1 unspecified atom stereocenters. The number of methoxy groups -OCH3 is 1. The molecule has 0 bridgehead atoms. The molecule has 368 valence electrons. The lowest BCUT2D eigenvalue weighted by Gasteiger charge is -2.14. The molecule has 9 N–H and O–H groups in total. The van der Waals surface area contributed by atoms with E-state index in [9.17, 15) is 24.0 Å². The van der Waals surface area contributed by atoms with Gasteiger partial charge in [-0.15, -0.1) is 0 Å². The second-order valence-corrected chi connectivity index (χ2v) is 16.3. The number of fused-ring (bicyclic) bond motifs is 4. The molecule has 0 aliphatic rings. The number of hydrogen-bond donors (Lipinski definition) is 6. The summed E-state index contributed by atoms with van der Waals surface area (Å²) in [5.74, 6) is -2.50. The Morgan fingerprint density at radius 3 is 2.10 bits per heavy atom. The molecule has 0 saturated heterocycles. The van der Waals surface area contributed by atoms with Crippen molar-refractivity contribution in [1.82, 2.24) is 49.0 Å². The molecule has 0 saturated carbocycles. The first-order valence-corrected chi connectivity index (χ1v) is 22.6. The molecule has 5 heterocycles. The third kappa shape index (κ3) is 10.9. The fraction of sp³-hybridized carbons (Fsp3) is 0.362. The molecule has 23 nitrogen and oxygen atoms in total. The molecule has 0 aliphatic carbocycles. The summed E-state index contributed by atoms with van der Waals surface area (Å²) in [7, 11) is 1.60. The summed E-state index contributed by atoms with van der Waals surface area (Å²) in [6.07, 6.45) is 5.81. The standard InChI is InChI=1S/C47H56N14O9/c1-6-60-34(18-26(3)56-60)43-52-25-31-30-20-28(41(49)64)22-36(70-17-11-15-68-5)39(30)58(44(31)54-43)13-8-9-14-59-40-33(53-47(59)55-46(67)35-19-27(4)57-61(35)7-2)21-29(42(50)65)23-37(40)69-16-10-12-51-45(66)32(48)24-38(62)63/h8-9,18-23,25,32H,6-7,10-17,24,48H2,1-5H3,(H2,49,64)(H2,50,65)(H,51,66)(H,62,63)(H,53,55,67)/b9-8+. The molecular weight excluding hydrogens is 905 g/mol. The van der Waals surface area contributed by atoms with Crippen molar-refractivity contribution in [2.45, 2.75) is 79.2 Å². The summed E-state index contributed by atoms with van der Waals surface area (Å²) in [6.45, 7) is 9.78. The Bertz CT molecular complexity index is 3150. The summed E-state index contributed by atoms with van der Waals surface area (Å²) in [6, 6.07) is 8.65. The van der Waals surface area contributed by atoms with Crippen LogP contribution < -0.4 is 37.3 Å². The number of carbonyl (C=O) groups excluding carboxylic acids is 4. The minimum Gasteiger partial charge on any atom is -0.491 e. The van der Waals surface area contributed by atoms with E-state index in [4.69, 9.17) is 51.5 Å². The lowest BCUT2D eigenvalue weighted by atomic mass is 10.1. The predicted molar refractivity (Wildman–Crippen MR) is 259 cm³/mol. The predicted octanol–water partition coefficient (Wildman–Crippen LogP) is 3.46. The van der Waals surface area contributed by atoms with Gasteiger partial charge in [0.25, 0.3) is 5.91 Å². The highest BCUT2D eigenvalue weighted by Crippen LogP contribution is 2.37. The molecule has 0 fully saturated rings. The van der Waals surface area contributed by atoms with Gasteiger partial charge in [0.15, 0.2) is 5.82 Å². The Balaban J connectivity index is 1.29. The van der Waals surface area contributed by atoms with Crippen LogP contribution in [-0.2, 0) is 40.5 Å². The number of carboxylic acids is 1. The van der Waals surface area contributed by atoms with E-state index in [1.807, 2.05) is 48.2 Å². The zero-order valence-corrected chi connectivity index (χ0v) is 39.5. The minimum absolute atomic E-state index is 0.0347.